The predicted molar refractivity (Wildman–Crippen MR) is 326 cm³/mol. The van der Waals surface area contributed by atoms with Gasteiger partial charge in [0.15, 0.2) is 0 Å². The zero-order valence-electron chi connectivity index (χ0n) is 47.1. The average molecular weight is 994 g/mol. The monoisotopic (exact) mass is 994 g/mol. The van der Waals surface area contributed by atoms with Crippen molar-refractivity contribution in [3.8, 4) is 11.1 Å². The number of anilines is 8. The molecule has 0 bridgehead atoms. The van der Waals surface area contributed by atoms with Crippen LogP contribution in [0.1, 0.15) is 154 Å². The van der Waals surface area contributed by atoms with E-state index in [0.29, 0.717) is 11.8 Å². The number of benzene rings is 8. The number of hydrogen-bond donors (Lipinski definition) is 0. The minimum absolute atomic E-state index is 0.00412. The van der Waals surface area contributed by atoms with Gasteiger partial charge in [-0.3, -0.25) is 0 Å². The summed E-state index contributed by atoms with van der Waals surface area (Å²) in [6, 6.07) is 69.1. The lowest BCUT2D eigenvalue weighted by Crippen LogP contribution is -2.62. The third-order valence-electron chi connectivity index (χ3n) is 19.3. The fourth-order valence-corrected chi connectivity index (χ4v) is 15.3. The molecular weight excluding hydrogens is 918 g/mol. The molecule has 76 heavy (non-hydrogen) atoms. The molecule has 382 valence electrons. The molecule has 5 aliphatic rings. The van der Waals surface area contributed by atoms with E-state index in [1.807, 2.05) is 0 Å². The van der Waals surface area contributed by atoms with Crippen LogP contribution in [0, 0.1) is 5.92 Å². The highest BCUT2D eigenvalue weighted by atomic mass is 15.3. The Hall–Kier alpha value is -6.78. The van der Waals surface area contributed by atoms with Gasteiger partial charge in [0.1, 0.15) is 0 Å². The highest BCUT2D eigenvalue weighted by molar-refractivity contribution is 7.00. The van der Waals surface area contributed by atoms with E-state index in [9.17, 15) is 0 Å². The van der Waals surface area contributed by atoms with Crippen molar-refractivity contribution in [1.29, 1.82) is 0 Å². The molecule has 3 nitrogen and oxygen atoms in total. The van der Waals surface area contributed by atoms with E-state index in [-0.39, 0.29) is 33.9 Å². The topological polar surface area (TPSA) is 9.72 Å². The van der Waals surface area contributed by atoms with E-state index in [1.165, 1.54) is 132 Å². The van der Waals surface area contributed by atoms with Crippen LogP contribution in [0.5, 0.6) is 0 Å². The van der Waals surface area contributed by atoms with Gasteiger partial charge in [-0.2, -0.15) is 0 Å². The molecule has 3 unspecified atom stereocenters. The number of fused-ring (bicyclic) bond motifs is 8. The molecule has 13 rings (SSSR count). The van der Waals surface area contributed by atoms with Crippen LogP contribution in [-0.2, 0) is 21.7 Å². The summed E-state index contributed by atoms with van der Waals surface area (Å²) >= 11 is 0. The molecule has 8 aromatic carbocycles. The first-order valence-corrected chi connectivity index (χ1v) is 28.7. The third kappa shape index (κ3) is 7.21. The summed E-state index contributed by atoms with van der Waals surface area (Å²) in [5, 5.41) is 0. The van der Waals surface area contributed by atoms with Crippen molar-refractivity contribution in [3.63, 3.8) is 0 Å². The normalized spacial score (nSPS) is 21.1. The first-order valence-electron chi connectivity index (χ1n) is 28.7. The summed E-state index contributed by atoms with van der Waals surface area (Å²) in [5.41, 5.74) is 24.9. The zero-order chi connectivity index (χ0) is 52.7. The van der Waals surface area contributed by atoms with Gasteiger partial charge in [-0.1, -0.05) is 203 Å². The highest BCUT2D eigenvalue weighted by Gasteiger charge is 2.62. The summed E-state index contributed by atoms with van der Waals surface area (Å²) in [7, 11) is 0. The van der Waals surface area contributed by atoms with Crippen LogP contribution >= 0.6 is 0 Å². The van der Waals surface area contributed by atoms with Crippen molar-refractivity contribution in [2.75, 3.05) is 14.7 Å². The van der Waals surface area contributed by atoms with Crippen molar-refractivity contribution in [2.24, 2.45) is 5.92 Å². The van der Waals surface area contributed by atoms with Crippen molar-refractivity contribution >= 4 is 68.6 Å². The quantitative estimate of drug-likeness (QED) is 0.154. The second kappa shape index (κ2) is 17.4. The Bertz CT molecular complexity index is 3560. The Labute approximate surface area is 455 Å². The summed E-state index contributed by atoms with van der Waals surface area (Å²) < 4.78 is 0. The molecule has 0 saturated heterocycles. The molecule has 0 amide bonds. The second-order valence-corrected chi connectivity index (χ2v) is 26.6. The lowest BCUT2D eigenvalue weighted by Gasteiger charge is -2.53. The summed E-state index contributed by atoms with van der Waals surface area (Å²) in [5.74, 6) is 0.991. The lowest BCUT2D eigenvalue weighted by atomic mass is 9.33. The molecule has 3 heterocycles. The van der Waals surface area contributed by atoms with Crippen LogP contribution in [0.15, 0.2) is 176 Å². The summed E-state index contributed by atoms with van der Waals surface area (Å²) in [6.07, 6.45) is 6.95. The molecule has 3 aliphatic heterocycles. The number of nitrogens with zero attached hydrogens (tertiary/aromatic N) is 3. The fourth-order valence-electron chi connectivity index (χ4n) is 15.3. The molecule has 0 radical (unpaired) electrons. The molecule has 0 N–H and O–H groups in total. The SMILES string of the molecule is CC(C)C1CCC(C)(C)c2cc3c(cc21)N(c1ccc(C(C)(C)C)cc1-c1ccccc1)c1cc(N2c4ccc(C(C)(C)C)cc4C4(c5ccccc5)CCCCC24C)cc2c1B3c1ccccc1N2c1ccccc1. The van der Waals surface area contributed by atoms with Crippen molar-refractivity contribution in [1.82, 2.24) is 0 Å². The van der Waals surface area contributed by atoms with Crippen LogP contribution in [0.2, 0.25) is 0 Å². The molecule has 2 aliphatic carbocycles. The van der Waals surface area contributed by atoms with E-state index >= 15 is 0 Å². The van der Waals surface area contributed by atoms with E-state index in [1.54, 1.807) is 0 Å². The van der Waals surface area contributed by atoms with Crippen LogP contribution in [0.3, 0.4) is 0 Å². The van der Waals surface area contributed by atoms with Crippen molar-refractivity contribution in [2.45, 2.75) is 148 Å². The summed E-state index contributed by atoms with van der Waals surface area (Å²) in [6.45, 7) is 26.7. The van der Waals surface area contributed by atoms with Gasteiger partial charge in [-0.15, -0.1) is 0 Å². The molecule has 1 fully saturated rings. The van der Waals surface area contributed by atoms with Crippen molar-refractivity contribution in [3.05, 3.63) is 209 Å². The standard InChI is InChI=1S/C72H76BN3/c1-47(2)54-37-40-70(9,10)57-46-60-64(45-56(54)57)75(61-35-33-50(68(3,4)5)41-55(61)48-25-15-12-16-26-48)66-44-53(43-65-67(66)73(60)59-31-21-22-32-63(59)74(65)52-29-19-14-20-30-52)76-62-36-34-51(69(6,7)8)42-58(62)72(49-27-17-13-18-28-49)39-24-23-38-71(72,76)11/h12-22,25-36,41-47,54H,23-24,37-40H2,1-11H3. The lowest BCUT2D eigenvalue weighted by molar-refractivity contribution is 0.215. The van der Waals surface area contributed by atoms with E-state index in [4.69, 9.17) is 0 Å². The average Bonchev–Trinajstić information content (AvgIpc) is 3.80. The largest absolute Gasteiger partial charge is 0.334 e. The maximum atomic E-state index is 2.86. The van der Waals surface area contributed by atoms with E-state index in [2.05, 4.69) is 267 Å². The molecule has 0 aromatic heterocycles. The molecule has 4 heteroatoms. The Balaban J connectivity index is 1.19. The van der Waals surface area contributed by atoms with Gasteiger partial charge in [0.05, 0.1) is 11.2 Å². The van der Waals surface area contributed by atoms with Gasteiger partial charge in [0.2, 0.25) is 0 Å². The molecule has 8 aromatic rings. The minimum atomic E-state index is -0.272. The maximum absolute atomic E-state index is 2.86. The smallest absolute Gasteiger partial charge is 0.252 e. The maximum Gasteiger partial charge on any atom is 0.252 e. The van der Waals surface area contributed by atoms with Gasteiger partial charge < -0.3 is 14.7 Å². The Kier molecular flexibility index (Phi) is 11.2. The highest BCUT2D eigenvalue weighted by Crippen LogP contribution is 2.65. The molecular formula is C72H76BN3. The van der Waals surface area contributed by atoms with Crippen LogP contribution in [0.25, 0.3) is 11.1 Å². The summed E-state index contributed by atoms with van der Waals surface area (Å²) in [4.78, 5) is 8.23. The van der Waals surface area contributed by atoms with Crippen LogP contribution in [0.4, 0.5) is 45.5 Å². The molecule has 0 spiro atoms. The van der Waals surface area contributed by atoms with E-state index < -0.39 is 0 Å². The fraction of sp³-hybridized carbons (Fsp3) is 0.333. The van der Waals surface area contributed by atoms with Crippen LogP contribution in [-0.4, -0.2) is 12.3 Å². The van der Waals surface area contributed by atoms with Gasteiger partial charge in [0, 0.05) is 50.8 Å². The van der Waals surface area contributed by atoms with E-state index in [0.717, 1.165) is 12.8 Å². The third-order valence-corrected chi connectivity index (χ3v) is 19.3. The molecule has 1 saturated carbocycles. The van der Waals surface area contributed by atoms with Gasteiger partial charge in [-0.05, 0) is 171 Å². The van der Waals surface area contributed by atoms with Crippen molar-refractivity contribution < 1.29 is 0 Å². The first kappa shape index (κ1) is 48.8. The Morgan fingerprint density at radius 1 is 0.500 bits per heavy atom. The number of hydrogen-bond acceptors (Lipinski definition) is 3. The molecule has 3 atom stereocenters. The minimum Gasteiger partial charge on any atom is -0.334 e. The van der Waals surface area contributed by atoms with Gasteiger partial charge >= 0.3 is 0 Å². The van der Waals surface area contributed by atoms with Gasteiger partial charge in [-0.25, -0.2) is 0 Å². The number of rotatable bonds is 6. The Morgan fingerprint density at radius 3 is 1.79 bits per heavy atom. The predicted octanol–water partition coefficient (Wildman–Crippen LogP) is 17.6. The number of para-hydroxylation sites is 2. The van der Waals surface area contributed by atoms with Crippen LogP contribution < -0.4 is 31.1 Å². The van der Waals surface area contributed by atoms with Gasteiger partial charge in [0.25, 0.3) is 6.71 Å². The second-order valence-electron chi connectivity index (χ2n) is 26.6. The Morgan fingerprint density at radius 2 is 1.11 bits per heavy atom. The zero-order valence-corrected chi connectivity index (χ0v) is 47.1. The first-order chi connectivity index (χ1) is 36.4.